The van der Waals surface area contributed by atoms with Crippen molar-refractivity contribution >= 4 is 27.8 Å². The molecule has 1 aliphatic heterocycles. The number of halogens is 1. The number of carbonyl (C=O) groups excluding carboxylic acids is 1. The lowest BCUT2D eigenvalue weighted by Gasteiger charge is -2.23. The van der Waals surface area contributed by atoms with Crippen LogP contribution >= 0.6 is 15.9 Å². The molecule has 1 aromatic heterocycles. The predicted molar refractivity (Wildman–Crippen MR) is 89.3 cm³/mol. The van der Waals surface area contributed by atoms with E-state index in [1.165, 1.54) is 6.20 Å². The van der Waals surface area contributed by atoms with Crippen molar-refractivity contribution < 1.29 is 19.4 Å². The van der Waals surface area contributed by atoms with Gasteiger partial charge in [-0.3, -0.25) is 4.79 Å². The molecule has 1 fully saturated rings. The first-order valence-electron chi connectivity index (χ1n) is 7.37. The van der Waals surface area contributed by atoms with Gasteiger partial charge >= 0.3 is 5.97 Å². The number of nitrogens with zero attached hydrogens (tertiary/aromatic N) is 2. The molecule has 1 unspecified atom stereocenters. The summed E-state index contributed by atoms with van der Waals surface area (Å²) in [5.41, 5.74) is 0.395. The lowest BCUT2D eigenvalue weighted by molar-refractivity contribution is -0.144. The number of aromatic nitrogens is 2. The quantitative estimate of drug-likeness (QED) is 0.827. The number of nitrogens with one attached hydrogen (secondary N) is 1. The van der Waals surface area contributed by atoms with Crippen LogP contribution in [-0.2, 0) is 9.53 Å². The van der Waals surface area contributed by atoms with Crippen molar-refractivity contribution in [3.63, 3.8) is 0 Å². The Morgan fingerprint density at radius 1 is 1.46 bits per heavy atom. The number of carbonyl (C=O) groups is 2. The third-order valence-corrected chi connectivity index (χ3v) is 4.58. The van der Waals surface area contributed by atoms with Crippen LogP contribution in [-0.4, -0.2) is 45.5 Å². The Morgan fingerprint density at radius 3 is 2.88 bits per heavy atom. The van der Waals surface area contributed by atoms with Crippen molar-refractivity contribution in [1.29, 1.82) is 0 Å². The van der Waals surface area contributed by atoms with Crippen molar-refractivity contribution in [2.45, 2.75) is 18.9 Å². The van der Waals surface area contributed by atoms with Crippen LogP contribution in [0.1, 0.15) is 22.5 Å². The highest BCUT2D eigenvalue weighted by Crippen LogP contribution is 2.22. The molecule has 8 heteroatoms. The molecule has 0 bridgehead atoms. The molecule has 2 heterocycles. The van der Waals surface area contributed by atoms with Crippen molar-refractivity contribution in [3.05, 3.63) is 46.2 Å². The van der Waals surface area contributed by atoms with Crippen molar-refractivity contribution in [1.82, 2.24) is 15.1 Å². The number of carboxylic acid groups (broad SMARTS) is 1. The first-order valence-corrected chi connectivity index (χ1v) is 8.16. The van der Waals surface area contributed by atoms with E-state index >= 15 is 0 Å². The van der Waals surface area contributed by atoms with E-state index in [1.807, 2.05) is 24.3 Å². The Hall–Kier alpha value is -2.19. The minimum atomic E-state index is -1.37. The van der Waals surface area contributed by atoms with Gasteiger partial charge in [0.05, 0.1) is 29.7 Å². The van der Waals surface area contributed by atoms with Crippen LogP contribution in [0.2, 0.25) is 0 Å². The summed E-state index contributed by atoms with van der Waals surface area (Å²) < 4.78 is 7.69. The summed E-state index contributed by atoms with van der Waals surface area (Å²) in [6, 6.07) is 7.52. The fourth-order valence-corrected chi connectivity index (χ4v) is 3.06. The molecule has 2 N–H and O–H groups in total. The molecule has 7 nitrogen and oxygen atoms in total. The minimum absolute atomic E-state index is 0.0348. The molecule has 0 aliphatic carbocycles. The zero-order valence-corrected chi connectivity index (χ0v) is 14.5. The second-order valence-electron chi connectivity index (χ2n) is 5.68. The molecular weight excluding hydrogens is 378 g/mol. The van der Waals surface area contributed by atoms with E-state index in [2.05, 4.69) is 26.3 Å². The molecule has 0 radical (unpaired) electrons. The van der Waals surface area contributed by atoms with Gasteiger partial charge in [-0.25, -0.2) is 9.48 Å². The molecule has 0 saturated carbocycles. The number of amides is 1. The molecule has 126 valence electrons. The summed E-state index contributed by atoms with van der Waals surface area (Å²) in [5, 5.41) is 16.3. The lowest BCUT2D eigenvalue weighted by Crippen LogP contribution is -2.55. The van der Waals surface area contributed by atoms with Gasteiger partial charge in [-0.05, 0) is 25.1 Å². The Balaban J connectivity index is 1.88. The Labute approximate surface area is 146 Å². The van der Waals surface area contributed by atoms with Gasteiger partial charge in [0.25, 0.3) is 5.91 Å². The Morgan fingerprint density at radius 2 is 2.25 bits per heavy atom. The molecular formula is C16H16BrN3O4. The van der Waals surface area contributed by atoms with E-state index in [4.69, 9.17) is 4.74 Å². The van der Waals surface area contributed by atoms with Gasteiger partial charge in [0.15, 0.2) is 5.54 Å². The maximum absolute atomic E-state index is 12.6. The number of aliphatic carboxylic acids is 1. The van der Waals surface area contributed by atoms with Gasteiger partial charge in [0.2, 0.25) is 0 Å². The third kappa shape index (κ3) is 2.94. The highest BCUT2D eigenvalue weighted by molar-refractivity contribution is 9.10. The zero-order valence-electron chi connectivity index (χ0n) is 13.0. The first kappa shape index (κ1) is 16.7. The number of benzene rings is 1. The topological polar surface area (TPSA) is 93.5 Å². The number of rotatable bonds is 4. The summed E-state index contributed by atoms with van der Waals surface area (Å²) in [6.07, 6.45) is 1.68. The van der Waals surface area contributed by atoms with Crippen molar-refractivity contribution in [3.8, 4) is 5.69 Å². The molecule has 1 saturated heterocycles. The van der Waals surface area contributed by atoms with E-state index in [-0.39, 0.29) is 13.0 Å². The van der Waals surface area contributed by atoms with Crippen LogP contribution in [0, 0.1) is 6.92 Å². The maximum atomic E-state index is 12.6. The molecule has 1 amide bonds. The molecule has 24 heavy (non-hydrogen) atoms. The monoisotopic (exact) mass is 393 g/mol. The van der Waals surface area contributed by atoms with Crippen LogP contribution in [0.3, 0.4) is 0 Å². The zero-order chi connectivity index (χ0) is 17.3. The first-order chi connectivity index (χ1) is 11.4. The second-order valence-corrected chi connectivity index (χ2v) is 6.59. The molecule has 1 aliphatic rings. The highest BCUT2D eigenvalue weighted by atomic mass is 79.9. The number of carboxylic acids is 1. The largest absolute Gasteiger partial charge is 0.479 e. The van der Waals surface area contributed by atoms with E-state index in [1.54, 1.807) is 11.6 Å². The van der Waals surface area contributed by atoms with Gasteiger partial charge < -0.3 is 15.2 Å². The third-order valence-electron chi connectivity index (χ3n) is 4.09. The predicted octanol–water partition coefficient (Wildman–Crippen LogP) is 1.92. The van der Waals surface area contributed by atoms with E-state index in [0.29, 0.717) is 17.9 Å². The summed E-state index contributed by atoms with van der Waals surface area (Å²) in [4.78, 5) is 24.1. The van der Waals surface area contributed by atoms with Crippen LogP contribution in [0.15, 0.2) is 34.9 Å². The SMILES string of the molecule is Cc1c(C(=O)NC2(C(=O)O)CCOC2)cnn1-c1cccc(Br)c1. The molecule has 2 aromatic rings. The van der Waals surface area contributed by atoms with E-state index < -0.39 is 17.4 Å². The summed E-state index contributed by atoms with van der Waals surface area (Å²) >= 11 is 3.40. The Bertz CT molecular complexity index is 796. The highest BCUT2D eigenvalue weighted by Gasteiger charge is 2.44. The number of hydrogen-bond acceptors (Lipinski definition) is 4. The van der Waals surface area contributed by atoms with Gasteiger partial charge in [-0.15, -0.1) is 0 Å². The lowest BCUT2D eigenvalue weighted by atomic mass is 9.98. The van der Waals surface area contributed by atoms with E-state index in [9.17, 15) is 14.7 Å². The molecule has 1 atom stereocenters. The molecule has 1 aromatic carbocycles. The summed E-state index contributed by atoms with van der Waals surface area (Å²) in [6.45, 7) is 2.04. The van der Waals surface area contributed by atoms with Crippen LogP contribution < -0.4 is 5.32 Å². The van der Waals surface area contributed by atoms with Crippen LogP contribution in [0.5, 0.6) is 0 Å². The van der Waals surface area contributed by atoms with Crippen LogP contribution in [0.4, 0.5) is 0 Å². The van der Waals surface area contributed by atoms with Gasteiger partial charge in [0.1, 0.15) is 0 Å². The van der Waals surface area contributed by atoms with Crippen molar-refractivity contribution in [2.24, 2.45) is 0 Å². The summed E-state index contributed by atoms with van der Waals surface area (Å²) in [5.74, 6) is -1.56. The van der Waals surface area contributed by atoms with Gasteiger partial charge in [-0.1, -0.05) is 22.0 Å². The minimum Gasteiger partial charge on any atom is -0.479 e. The summed E-state index contributed by atoms with van der Waals surface area (Å²) in [7, 11) is 0. The number of ether oxygens (including phenoxy) is 1. The van der Waals surface area contributed by atoms with Crippen molar-refractivity contribution in [2.75, 3.05) is 13.2 Å². The fourth-order valence-electron chi connectivity index (χ4n) is 2.67. The second kappa shape index (κ2) is 6.37. The standard InChI is InChI=1S/C16H16BrN3O4/c1-10-13(8-18-20(10)12-4-2-3-11(17)7-12)14(21)19-16(15(22)23)5-6-24-9-16/h2-4,7-8H,5-6,9H2,1H3,(H,19,21)(H,22,23). The van der Waals surface area contributed by atoms with E-state index in [0.717, 1.165) is 10.2 Å². The normalized spacial score (nSPS) is 20.1. The van der Waals surface area contributed by atoms with Gasteiger partial charge in [-0.2, -0.15) is 5.10 Å². The average molecular weight is 394 g/mol. The number of hydrogen-bond donors (Lipinski definition) is 2. The average Bonchev–Trinajstić information content (AvgIpc) is 3.15. The maximum Gasteiger partial charge on any atom is 0.331 e. The molecule has 3 rings (SSSR count). The smallest absolute Gasteiger partial charge is 0.331 e. The van der Waals surface area contributed by atoms with Gasteiger partial charge in [0, 0.05) is 17.5 Å². The van der Waals surface area contributed by atoms with Crippen LogP contribution in [0.25, 0.3) is 5.69 Å². The fraction of sp³-hybridized carbons (Fsp3) is 0.312. The Kier molecular flexibility index (Phi) is 4.42. The molecule has 0 spiro atoms.